The summed E-state index contributed by atoms with van der Waals surface area (Å²) in [5, 5.41) is 13.2. The number of aromatic carboxylic acids is 1. The van der Waals surface area contributed by atoms with E-state index >= 15 is 0 Å². The summed E-state index contributed by atoms with van der Waals surface area (Å²) in [6.07, 6.45) is 11.5. The first-order chi connectivity index (χ1) is 13.2. The molecule has 1 N–H and O–H groups in total. The molecule has 4 atom stereocenters. The van der Waals surface area contributed by atoms with Crippen LogP contribution in [-0.4, -0.2) is 36.1 Å². The average Bonchev–Trinajstić information content (AvgIpc) is 3.28. The van der Waals surface area contributed by atoms with E-state index in [1.165, 1.54) is 24.8 Å². The van der Waals surface area contributed by atoms with Crippen LogP contribution in [0.4, 0.5) is 0 Å². The second kappa shape index (κ2) is 9.88. The maximum atomic E-state index is 11.0. The molecule has 0 saturated carbocycles. The van der Waals surface area contributed by atoms with E-state index in [1.807, 2.05) is 18.3 Å². The zero-order chi connectivity index (χ0) is 19.1. The van der Waals surface area contributed by atoms with E-state index in [0.717, 1.165) is 32.1 Å². The number of hydrogen-bond donors (Lipinski definition) is 1. The molecule has 2 saturated heterocycles. The van der Waals surface area contributed by atoms with Crippen LogP contribution in [0, 0.1) is 11.8 Å². The molecule has 0 spiro atoms. The largest absolute Gasteiger partial charge is 0.478 e. The van der Waals surface area contributed by atoms with Crippen molar-refractivity contribution >= 4 is 12.2 Å². The van der Waals surface area contributed by atoms with Gasteiger partial charge in [0.05, 0.1) is 17.8 Å². The van der Waals surface area contributed by atoms with Crippen molar-refractivity contribution in [2.24, 2.45) is 17.0 Å². The number of rotatable bonds is 11. The monoisotopic (exact) mass is 373 g/mol. The normalized spacial score (nSPS) is 26.7. The number of nitrogens with zero attached hydrogens (tertiary/aromatic N) is 1. The fourth-order valence-corrected chi connectivity index (χ4v) is 4.30. The Kier molecular flexibility index (Phi) is 7.27. The smallest absolute Gasteiger partial charge is 0.335 e. The first-order valence-electron chi connectivity index (χ1n) is 10.3. The molecule has 4 unspecified atom stereocenters. The van der Waals surface area contributed by atoms with E-state index in [9.17, 15) is 4.79 Å². The van der Waals surface area contributed by atoms with Gasteiger partial charge in [0.25, 0.3) is 0 Å². The van der Waals surface area contributed by atoms with Gasteiger partial charge in [-0.25, -0.2) is 4.79 Å². The summed E-state index contributed by atoms with van der Waals surface area (Å²) >= 11 is 0. The molecule has 3 rings (SSSR count). The van der Waals surface area contributed by atoms with Crippen LogP contribution >= 0.6 is 0 Å². The topological polar surface area (TPSA) is 68.1 Å². The van der Waals surface area contributed by atoms with Crippen molar-refractivity contribution in [3.05, 3.63) is 35.4 Å². The van der Waals surface area contributed by atoms with Gasteiger partial charge in [-0.15, -0.1) is 0 Å². The van der Waals surface area contributed by atoms with Gasteiger partial charge in [-0.3, -0.25) is 0 Å². The minimum Gasteiger partial charge on any atom is -0.478 e. The lowest BCUT2D eigenvalue weighted by molar-refractivity contribution is 0.0697. The van der Waals surface area contributed by atoms with Gasteiger partial charge in [-0.05, 0) is 62.1 Å². The van der Waals surface area contributed by atoms with Gasteiger partial charge in [-0.2, -0.15) is 0 Å². The summed E-state index contributed by atoms with van der Waals surface area (Å²) in [6.45, 7) is 2.90. The molecule has 148 valence electrons. The van der Waals surface area contributed by atoms with Crippen LogP contribution < -0.4 is 0 Å². The molecule has 0 aliphatic carbocycles. The lowest BCUT2D eigenvalue weighted by Crippen LogP contribution is -2.28. The highest BCUT2D eigenvalue weighted by molar-refractivity contribution is 5.87. The molecule has 2 heterocycles. The van der Waals surface area contributed by atoms with E-state index in [-0.39, 0.29) is 6.10 Å². The van der Waals surface area contributed by atoms with Crippen LogP contribution in [-0.2, 0) is 16.0 Å². The number of carboxylic acids is 1. The van der Waals surface area contributed by atoms with Crippen LogP contribution in [0.2, 0.25) is 0 Å². The summed E-state index contributed by atoms with van der Waals surface area (Å²) in [4.78, 5) is 16.4. The summed E-state index contributed by atoms with van der Waals surface area (Å²) in [6, 6.07) is 7.20. The number of carboxylic acid groups (broad SMARTS) is 1. The number of carbonyl (C=O) groups is 1. The Labute approximate surface area is 161 Å². The molecule has 0 aromatic heterocycles. The summed E-state index contributed by atoms with van der Waals surface area (Å²) in [5.74, 6) is -0.0814. The third-order valence-corrected chi connectivity index (χ3v) is 5.85. The Morgan fingerprint density at radius 2 is 2.00 bits per heavy atom. The number of benzene rings is 1. The summed E-state index contributed by atoms with van der Waals surface area (Å²) in [7, 11) is 0. The van der Waals surface area contributed by atoms with Crippen LogP contribution in [0.15, 0.2) is 29.4 Å². The van der Waals surface area contributed by atoms with Crippen molar-refractivity contribution in [2.75, 3.05) is 6.61 Å². The molecule has 5 nitrogen and oxygen atoms in total. The van der Waals surface area contributed by atoms with E-state index in [4.69, 9.17) is 14.7 Å². The second-order valence-corrected chi connectivity index (χ2v) is 7.72. The lowest BCUT2D eigenvalue weighted by Gasteiger charge is -2.24. The molecule has 2 fully saturated rings. The van der Waals surface area contributed by atoms with Crippen LogP contribution in [0.3, 0.4) is 0 Å². The lowest BCUT2D eigenvalue weighted by atomic mass is 9.77. The van der Waals surface area contributed by atoms with Gasteiger partial charge in [0.15, 0.2) is 0 Å². The molecule has 1 aromatic carbocycles. The van der Waals surface area contributed by atoms with Crippen molar-refractivity contribution in [1.29, 1.82) is 0 Å². The number of unbranched alkanes of at least 4 members (excludes halogenated alkanes) is 3. The maximum Gasteiger partial charge on any atom is 0.335 e. The Morgan fingerprint density at radius 3 is 2.74 bits per heavy atom. The summed E-state index contributed by atoms with van der Waals surface area (Å²) in [5.41, 5.74) is 1.51. The number of fused-ring (bicyclic) bond motifs is 2. The van der Waals surface area contributed by atoms with Gasteiger partial charge >= 0.3 is 5.97 Å². The fourth-order valence-electron chi connectivity index (χ4n) is 4.30. The second-order valence-electron chi connectivity index (χ2n) is 7.72. The van der Waals surface area contributed by atoms with Crippen molar-refractivity contribution in [3.63, 3.8) is 0 Å². The quantitative estimate of drug-likeness (QED) is 0.347. The first-order valence-corrected chi connectivity index (χ1v) is 10.3. The third kappa shape index (κ3) is 5.32. The predicted molar refractivity (Wildman–Crippen MR) is 105 cm³/mol. The van der Waals surface area contributed by atoms with Gasteiger partial charge < -0.3 is 14.7 Å². The van der Waals surface area contributed by atoms with Gasteiger partial charge in [0.2, 0.25) is 0 Å². The molecule has 0 radical (unpaired) electrons. The molecule has 2 aliphatic heterocycles. The van der Waals surface area contributed by atoms with E-state index in [2.05, 4.69) is 12.1 Å². The van der Waals surface area contributed by atoms with E-state index in [1.54, 1.807) is 12.1 Å². The molecule has 0 amide bonds. The van der Waals surface area contributed by atoms with Gasteiger partial charge in [0.1, 0.15) is 6.61 Å². The van der Waals surface area contributed by atoms with Crippen LogP contribution in [0.1, 0.15) is 67.8 Å². The number of hydrogen-bond acceptors (Lipinski definition) is 4. The van der Waals surface area contributed by atoms with Crippen LogP contribution in [0.25, 0.3) is 0 Å². The van der Waals surface area contributed by atoms with Crippen molar-refractivity contribution < 1.29 is 19.5 Å². The predicted octanol–water partition coefficient (Wildman–Crippen LogP) is 4.69. The van der Waals surface area contributed by atoms with Crippen molar-refractivity contribution in [2.45, 2.75) is 70.5 Å². The zero-order valence-corrected chi connectivity index (χ0v) is 16.2. The molecule has 27 heavy (non-hydrogen) atoms. The maximum absolute atomic E-state index is 11.0. The van der Waals surface area contributed by atoms with E-state index in [0.29, 0.717) is 30.1 Å². The molecule has 5 heteroatoms. The van der Waals surface area contributed by atoms with Crippen molar-refractivity contribution in [1.82, 2.24) is 0 Å². The molecule has 1 aromatic rings. The Balaban J connectivity index is 1.48. The zero-order valence-electron chi connectivity index (χ0n) is 16.2. The minimum absolute atomic E-state index is 0.279. The number of oxime groups is 1. The highest BCUT2D eigenvalue weighted by atomic mass is 16.6. The minimum atomic E-state index is -0.881. The summed E-state index contributed by atoms with van der Waals surface area (Å²) < 4.78 is 6.12. The Hall–Kier alpha value is -1.88. The Morgan fingerprint density at radius 1 is 1.22 bits per heavy atom. The van der Waals surface area contributed by atoms with E-state index < -0.39 is 5.97 Å². The van der Waals surface area contributed by atoms with Crippen molar-refractivity contribution in [3.8, 4) is 0 Å². The molecule has 2 bridgehead atoms. The molecular formula is C22H31NO4. The highest BCUT2D eigenvalue weighted by Crippen LogP contribution is 2.44. The molecule has 2 aliphatic rings. The Bertz CT molecular complexity index is 628. The average molecular weight is 373 g/mol. The number of aryl methyl sites for hydroxylation is 1. The molecular weight excluding hydrogens is 342 g/mol. The number of ether oxygens (including phenoxy) is 1. The standard InChI is InChI=1S/C22H31NO4/c1-2-3-4-5-14-26-23-15-19-18(20-12-13-21(19)27-20)11-8-16-6-9-17(10-7-16)22(24)25/h6-7,9-10,15,18-21H,2-5,8,11-14H2,1H3,(H,24,25)/b23-15+. The third-order valence-electron chi connectivity index (χ3n) is 5.85. The van der Waals surface area contributed by atoms with Gasteiger partial charge in [0, 0.05) is 12.1 Å². The fraction of sp³-hybridized carbons (Fsp3) is 0.636. The first kappa shape index (κ1) is 19.9. The highest BCUT2D eigenvalue weighted by Gasteiger charge is 2.47. The van der Waals surface area contributed by atoms with Gasteiger partial charge in [-0.1, -0.05) is 37.1 Å². The SMILES string of the molecule is CCCCCCO/N=C/C1C2CCC(O2)C1CCc1ccc(C(=O)O)cc1. The van der Waals surface area contributed by atoms with Crippen LogP contribution in [0.5, 0.6) is 0 Å².